The molecule has 1 aromatic carbocycles. The first-order valence-electron chi connectivity index (χ1n) is 6.67. The van der Waals surface area contributed by atoms with Gasteiger partial charge in [-0.05, 0) is 12.5 Å². The Hall–Kier alpha value is -1.34. The zero-order valence-corrected chi connectivity index (χ0v) is 11.6. The van der Waals surface area contributed by atoms with E-state index in [-0.39, 0.29) is 5.56 Å². The Morgan fingerprint density at radius 3 is 2.48 bits per heavy atom. The molecule has 0 radical (unpaired) electrons. The van der Waals surface area contributed by atoms with Crippen molar-refractivity contribution >= 4 is 0 Å². The molecule has 0 heterocycles. The molecule has 0 fully saturated rings. The molecule has 1 aromatic rings. The van der Waals surface area contributed by atoms with Crippen molar-refractivity contribution in [3.8, 4) is 5.75 Å². The number of hydrogen-bond donors (Lipinski definition) is 2. The highest BCUT2D eigenvalue weighted by Crippen LogP contribution is 2.33. The lowest BCUT2D eigenvalue weighted by molar-refractivity contribution is -0.253. The number of ether oxygens (including phenoxy) is 1. The molecule has 0 saturated heterocycles. The summed E-state index contributed by atoms with van der Waals surface area (Å²) in [4.78, 5) is 0. The van der Waals surface area contributed by atoms with Crippen molar-refractivity contribution in [1.82, 2.24) is 0 Å². The van der Waals surface area contributed by atoms with E-state index in [1.54, 1.807) is 0 Å². The molecule has 0 bridgehead atoms. The molecule has 120 valence electrons. The Morgan fingerprint density at radius 2 is 1.90 bits per heavy atom. The Labute approximate surface area is 120 Å². The van der Waals surface area contributed by atoms with E-state index in [1.165, 1.54) is 18.2 Å². The number of aliphatic hydroxyl groups is 1. The third-order valence-corrected chi connectivity index (χ3v) is 3.05. The van der Waals surface area contributed by atoms with Crippen LogP contribution in [0.1, 0.15) is 37.8 Å². The van der Waals surface area contributed by atoms with Crippen molar-refractivity contribution in [2.24, 2.45) is 5.73 Å². The standard InChI is InChI=1S/C14H19F4NO2/c1-2-3-7-10(20)12(19)9-6-4-5-8-11(9)21-14(17,18)13(15)16/h4-6,8,10,12-13,20H,2-3,7,19H2,1H3/t10-,12+/m0/s1. The summed E-state index contributed by atoms with van der Waals surface area (Å²) in [5, 5.41) is 9.92. The maximum absolute atomic E-state index is 13.0. The third-order valence-electron chi connectivity index (χ3n) is 3.05. The number of alkyl halides is 4. The van der Waals surface area contributed by atoms with Gasteiger partial charge in [0.25, 0.3) is 0 Å². The van der Waals surface area contributed by atoms with Gasteiger partial charge in [-0.15, -0.1) is 0 Å². The molecule has 3 N–H and O–H groups in total. The zero-order valence-electron chi connectivity index (χ0n) is 11.6. The highest BCUT2D eigenvalue weighted by Gasteiger charge is 2.44. The lowest BCUT2D eigenvalue weighted by Gasteiger charge is -2.24. The molecule has 0 aliphatic heterocycles. The van der Waals surface area contributed by atoms with E-state index in [0.717, 1.165) is 12.5 Å². The van der Waals surface area contributed by atoms with Crippen LogP contribution in [0.2, 0.25) is 0 Å². The zero-order chi connectivity index (χ0) is 16.0. The van der Waals surface area contributed by atoms with Crippen molar-refractivity contribution in [3.05, 3.63) is 29.8 Å². The van der Waals surface area contributed by atoms with Gasteiger partial charge >= 0.3 is 12.5 Å². The molecule has 0 unspecified atom stereocenters. The van der Waals surface area contributed by atoms with Gasteiger partial charge < -0.3 is 15.6 Å². The van der Waals surface area contributed by atoms with Crippen LogP contribution in [0.25, 0.3) is 0 Å². The molecule has 0 aliphatic carbocycles. The largest absolute Gasteiger partial charge is 0.461 e. The molecule has 0 amide bonds. The average molecular weight is 309 g/mol. The fourth-order valence-electron chi connectivity index (χ4n) is 1.84. The van der Waals surface area contributed by atoms with Crippen LogP contribution in [0, 0.1) is 0 Å². The summed E-state index contributed by atoms with van der Waals surface area (Å²) in [6.07, 6.45) is -7.58. The van der Waals surface area contributed by atoms with Crippen LogP contribution in [0.3, 0.4) is 0 Å². The van der Waals surface area contributed by atoms with E-state index in [4.69, 9.17) is 5.73 Å². The molecule has 0 aromatic heterocycles. The number of unbranched alkanes of at least 4 members (excludes halogenated alkanes) is 1. The summed E-state index contributed by atoms with van der Waals surface area (Å²) < 4.78 is 54.5. The predicted molar refractivity (Wildman–Crippen MR) is 70.5 cm³/mol. The quantitative estimate of drug-likeness (QED) is 0.723. The number of halogens is 4. The normalized spacial score (nSPS) is 15.0. The van der Waals surface area contributed by atoms with Gasteiger partial charge in [-0.1, -0.05) is 38.0 Å². The number of benzene rings is 1. The van der Waals surface area contributed by atoms with Crippen LogP contribution in [0.15, 0.2) is 24.3 Å². The summed E-state index contributed by atoms with van der Waals surface area (Å²) >= 11 is 0. The second-order valence-electron chi connectivity index (χ2n) is 4.74. The van der Waals surface area contributed by atoms with E-state index in [2.05, 4.69) is 4.74 Å². The van der Waals surface area contributed by atoms with Crippen LogP contribution in [-0.2, 0) is 0 Å². The Kier molecular flexibility index (Phi) is 6.42. The minimum atomic E-state index is -4.61. The van der Waals surface area contributed by atoms with Crippen LogP contribution < -0.4 is 10.5 Å². The summed E-state index contributed by atoms with van der Waals surface area (Å²) in [7, 11) is 0. The highest BCUT2D eigenvalue weighted by molar-refractivity contribution is 5.36. The third kappa shape index (κ3) is 4.86. The molecule has 3 nitrogen and oxygen atoms in total. The van der Waals surface area contributed by atoms with Gasteiger partial charge in [0.1, 0.15) is 5.75 Å². The number of hydrogen-bond acceptors (Lipinski definition) is 3. The lowest BCUT2D eigenvalue weighted by atomic mass is 9.97. The second kappa shape index (κ2) is 7.61. The molecule has 7 heteroatoms. The van der Waals surface area contributed by atoms with E-state index >= 15 is 0 Å². The number of nitrogens with two attached hydrogens (primary N) is 1. The van der Waals surface area contributed by atoms with Crippen LogP contribution in [-0.4, -0.2) is 23.7 Å². The van der Waals surface area contributed by atoms with Crippen LogP contribution in [0.5, 0.6) is 5.75 Å². The minimum Gasteiger partial charge on any atom is -0.428 e. The maximum atomic E-state index is 13.0. The summed E-state index contributed by atoms with van der Waals surface area (Å²) in [5.41, 5.74) is 5.88. The van der Waals surface area contributed by atoms with E-state index in [1.807, 2.05) is 6.92 Å². The first kappa shape index (κ1) is 17.7. The average Bonchev–Trinajstić information content (AvgIpc) is 2.44. The fraction of sp³-hybridized carbons (Fsp3) is 0.571. The van der Waals surface area contributed by atoms with Crippen molar-refractivity contribution in [3.63, 3.8) is 0 Å². The fourth-order valence-corrected chi connectivity index (χ4v) is 1.84. The van der Waals surface area contributed by atoms with Gasteiger partial charge in [0.2, 0.25) is 0 Å². The topological polar surface area (TPSA) is 55.5 Å². The molecule has 21 heavy (non-hydrogen) atoms. The number of para-hydroxylation sites is 1. The molecule has 1 rings (SSSR count). The van der Waals surface area contributed by atoms with E-state index in [9.17, 15) is 22.7 Å². The van der Waals surface area contributed by atoms with Crippen molar-refractivity contribution in [2.75, 3.05) is 0 Å². The molecule has 0 aliphatic rings. The summed E-state index contributed by atoms with van der Waals surface area (Å²) in [5.74, 6) is -0.453. The number of aliphatic hydroxyl groups excluding tert-OH is 1. The van der Waals surface area contributed by atoms with E-state index < -0.39 is 30.4 Å². The molecule has 2 atom stereocenters. The minimum absolute atomic E-state index is 0.0708. The SMILES string of the molecule is CCCC[C@H](O)[C@H](N)c1ccccc1OC(F)(F)C(F)F. The maximum Gasteiger partial charge on any atom is 0.461 e. The van der Waals surface area contributed by atoms with Crippen molar-refractivity contribution in [1.29, 1.82) is 0 Å². The first-order chi connectivity index (χ1) is 9.79. The van der Waals surface area contributed by atoms with Gasteiger partial charge in [-0.3, -0.25) is 0 Å². The van der Waals surface area contributed by atoms with Gasteiger partial charge in [-0.25, -0.2) is 0 Å². The van der Waals surface area contributed by atoms with Gasteiger partial charge in [0.05, 0.1) is 12.1 Å². The molecular weight excluding hydrogens is 290 g/mol. The summed E-state index contributed by atoms with van der Waals surface area (Å²) in [6.45, 7) is 1.93. The van der Waals surface area contributed by atoms with E-state index in [0.29, 0.717) is 12.8 Å². The van der Waals surface area contributed by atoms with Gasteiger partial charge in [0, 0.05) is 5.56 Å². The predicted octanol–water partition coefficient (Wildman–Crippen LogP) is 3.47. The Bertz CT molecular complexity index is 443. The molecule has 0 spiro atoms. The monoisotopic (exact) mass is 309 g/mol. The van der Waals surface area contributed by atoms with Crippen LogP contribution >= 0.6 is 0 Å². The molecular formula is C14H19F4NO2. The Balaban J connectivity index is 2.93. The first-order valence-corrected chi connectivity index (χ1v) is 6.67. The number of rotatable bonds is 8. The highest BCUT2D eigenvalue weighted by atomic mass is 19.3. The Morgan fingerprint density at radius 1 is 1.29 bits per heavy atom. The van der Waals surface area contributed by atoms with Gasteiger partial charge in [-0.2, -0.15) is 17.6 Å². The second-order valence-corrected chi connectivity index (χ2v) is 4.74. The lowest BCUT2D eigenvalue weighted by Crippen LogP contribution is -2.35. The smallest absolute Gasteiger partial charge is 0.428 e. The van der Waals surface area contributed by atoms with Crippen LogP contribution in [0.4, 0.5) is 17.6 Å². The van der Waals surface area contributed by atoms with Gasteiger partial charge in [0.15, 0.2) is 0 Å². The van der Waals surface area contributed by atoms with Crippen molar-refractivity contribution in [2.45, 2.75) is 50.9 Å². The molecule has 0 saturated carbocycles. The van der Waals surface area contributed by atoms with Crippen molar-refractivity contribution < 1.29 is 27.4 Å². The summed E-state index contributed by atoms with van der Waals surface area (Å²) in [6, 6.07) is 4.39.